The fourth-order valence-corrected chi connectivity index (χ4v) is 7.57. The number of aliphatic hydroxyl groups excluding tert-OH is 3. The van der Waals surface area contributed by atoms with Crippen molar-refractivity contribution in [3.63, 3.8) is 0 Å². The number of carbonyl (C=O) groups excluding carboxylic acids is 2. The first kappa shape index (κ1) is 58.1. The summed E-state index contributed by atoms with van der Waals surface area (Å²) in [6.45, 7) is 3.59. The number of rotatable bonds is 39. The predicted octanol–water partition coefficient (Wildman–Crippen LogP) is 10.3. The second-order valence-corrected chi connectivity index (χ2v) is 17.9. The molecule has 1 aliphatic heterocycles. The van der Waals surface area contributed by atoms with Crippen molar-refractivity contribution in [3.05, 3.63) is 72.9 Å². The molecule has 0 bridgehead atoms. The van der Waals surface area contributed by atoms with Crippen LogP contribution in [0, 0.1) is 0 Å². The van der Waals surface area contributed by atoms with Gasteiger partial charge in [0, 0.05) is 12.8 Å². The van der Waals surface area contributed by atoms with Gasteiger partial charge in [0.05, 0.1) is 6.61 Å². The van der Waals surface area contributed by atoms with Crippen LogP contribution in [0.3, 0.4) is 0 Å². The van der Waals surface area contributed by atoms with Gasteiger partial charge in [-0.15, -0.1) is 0 Å². The highest BCUT2D eigenvalue weighted by Crippen LogP contribution is 2.24. The molecule has 0 aromatic carbocycles. The summed E-state index contributed by atoms with van der Waals surface area (Å²) in [7, 11) is -4.62. The summed E-state index contributed by atoms with van der Waals surface area (Å²) in [5, 5.41) is 30.9. The molecule has 1 fully saturated rings. The first-order valence-corrected chi connectivity index (χ1v) is 25.6. The van der Waals surface area contributed by atoms with Gasteiger partial charge in [0.15, 0.2) is 12.4 Å². The van der Waals surface area contributed by atoms with Crippen LogP contribution in [0.15, 0.2) is 72.9 Å². The normalized spacial score (nSPS) is 20.4. The van der Waals surface area contributed by atoms with E-state index in [1.807, 2.05) is 18.2 Å². The molecule has 1 aliphatic rings. The molecule has 1 saturated heterocycles. The quantitative estimate of drug-likeness (QED) is 0.0198. The van der Waals surface area contributed by atoms with Crippen LogP contribution >= 0.6 is 0 Å². The fraction of sp³-hybridized carbons (Fsp3) is 0.720. The van der Waals surface area contributed by atoms with Crippen molar-refractivity contribution in [2.75, 3.05) is 19.0 Å². The third-order valence-electron chi connectivity index (χ3n) is 10.6. The van der Waals surface area contributed by atoms with E-state index in [4.69, 9.17) is 18.9 Å². The Morgan fingerprint density at radius 3 is 1.46 bits per heavy atom. The molecule has 0 aliphatic carbocycles. The molecule has 13 heteroatoms. The average Bonchev–Trinajstić information content (AvgIpc) is 3.25. The molecule has 63 heavy (non-hydrogen) atoms. The molecule has 12 nitrogen and oxygen atoms in total. The molecule has 0 amide bonds. The van der Waals surface area contributed by atoms with E-state index in [1.165, 1.54) is 77.0 Å². The lowest BCUT2D eigenvalue weighted by Gasteiger charge is -2.40. The van der Waals surface area contributed by atoms with Gasteiger partial charge in [0.1, 0.15) is 36.8 Å². The molecule has 6 unspecified atom stereocenters. The first-order valence-electron chi connectivity index (χ1n) is 24.0. The highest BCUT2D eigenvalue weighted by molar-refractivity contribution is 7.85. The third-order valence-corrected chi connectivity index (χ3v) is 11.3. The second kappa shape index (κ2) is 39.5. The van der Waals surface area contributed by atoms with Gasteiger partial charge in [-0.1, -0.05) is 183 Å². The van der Waals surface area contributed by atoms with Crippen molar-refractivity contribution in [3.8, 4) is 0 Å². The number of esters is 2. The number of hydrogen-bond acceptors (Lipinski definition) is 11. The zero-order chi connectivity index (χ0) is 46.2. The summed E-state index contributed by atoms with van der Waals surface area (Å²) in [5.74, 6) is -2.09. The molecule has 6 atom stereocenters. The molecule has 0 spiro atoms. The van der Waals surface area contributed by atoms with Gasteiger partial charge in [-0.2, -0.15) is 8.42 Å². The Kier molecular flexibility index (Phi) is 36.4. The third kappa shape index (κ3) is 34.2. The predicted molar refractivity (Wildman–Crippen MR) is 252 cm³/mol. The summed E-state index contributed by atoms with van der Waals surface area (Å²) >= 11 is 0. The average molecular weight is 909 g/mol. The van der Waals surface area contributed by atoms with Crippen molar-refractivity contribution in [2.24, 2.45) is 0 Å². The van der Waals surface area contributed by atoms with Gasteiger partial charge in [-0.05, 0) is 51.4 Å². The van der Waals surface area contributed by atoms with Gasteiger partial charge in [-0.25, -0.2) is 0 Å². The van der Waals surface area contributed by atoms with Crippen molar-refractivity contribution >= 4 is 22.1 Å². The molecule has 0 saturated carbocycles. The van der Waals surface area contributed by atoms with E-state index in [-0.39, 0.29) is 19.4 Å². The Hall–Kier alpha value is -2.91. The maximum absolute atomic E-state index is 12.8. The highest BCUT2D eigenvalue weighted by Gasteiger charge is 2.46. The Morgan fingerprint density at radius 2 is 1.00 bits per heavy atom. The minimum absolute atomic E-state index is 0.0374. The van der Waals surface area contributed by atoms with Crippen LogP contribution in [-0.4, -0.2) is 96.0 Å². The number of carbonyl (C=O) groups is 2. The van der Waals surface area contributed by atoms with E-state index < -0.39 is 71.2 Å². The fourth-order valence-electron chi connectivity index (χ4n) is 6.88. The van der Waals surface area contributed by atoms with Crippen LogP contribution in [0.4, 0.5) is 0 Å². The summed E-state index contributed by atoms with van der Waals surface area (Å²) in [4.78, 5) is 25.4. The molecule has 0 aromatic heterocycles. The Balaban J connectivity index is 2.48. The number of allylic oxidation sites excluding steroid dienone is 12. The van der Waals surface area contributed by atoms with E-state index in [1.54, 1.807) is 0 Å². The maximum atomic E-state index is 12.8. The maximum Gasteiger partial charge on any atom is 0.306 e. The van der Waals surface area contributed by atoms with Gasteiger partial charge in [-0.3, -0.25) is 14.1 Å². The zero-order valence-corrected chi connectivity index (χ0v) is 39.5. The van der Waals surface area contributed by atoms with Crippen LogP contribution in [0.2, 0.25) is 0 Å². The molecule has 362 valence electrons. The standard InChI is InChI=1S/C50H84O12S/c1-3-5-7-9-11-13-15-17-19-21-22-23-25-27-29-31-33-35-37-39-46(52)61-43(41-60-50-49(55)48(54)47(53)44(62-50)42-63(56,57)58)40-59-45(51)38-36-34-32-30-28-26-24-20-18-16-14-12-10-8-6-4-2/h5,7,11,13,17,19,22-23,27,29,33,35,43-44,47-50,53-55H,3-4,6,8-10,12,14-16,18,20-21,24-26,28,30-32,34,36-42H2,1-2H3,(H,56,57,58)/b7-5-,13-11-,19-17-,23-22-,29-27-,35-33-. The Bertz CT molecular complexity index is 1440. The van der Waals surface area contributed by atoms with Crippen LogP contribution in [-0.2, 0) is 38.7 Å². The summed E-state index contributed by atoms with van der Waals surface area (Å²) in [6.07, 6.45) is 41.0. The summed E-state index contributed by atoms with van der Waals surface area (Å²) in [6, 6.07) is 0. The summed E-state index contributed by atoms with van der Waals surface area (Å²) in [5.41, 5.74) is 0. The lowest BCUT2D eigenvalue weighted by Crippen LogP contribution is -2.60. The van der Waals surface area contributed by atoms with Crippen LogP contribution in [0.5, 0.6) is 0 Å². The van der Waals surface area contributed by atoms with Gasteiger partial charge in [0.25, 0.3) is 10.1 Å². The van der Waals surface area contributed by atoms with Crippen molar-refractivity contribution < 1.29 is 56.8 Å². The lowest BCUT2D eigenvalue weighted by atomic mass is 10.00. The first-order chi connectivity index (χ1) is 30.5. The topological polar surface area (TPSA) is 186 Å². The molecular formula is C50H84O12S. The number of ether oxygens (including phenoxy) is 4. The van der Waals surface area contributed by atoms with E-state index in [9.17, 15) is 37.9 Å². The van der Waals surface area contributed by atoms with Crippen molar-refractivity contribution in [1.82, 2.24) is 0 Å². The largest absolute Gasteiger partial charge is 0.462 e. The molecule has 0 radical (unpaired) electrons. The molecule has 4 N–H and O–H groups in total. The number of unbranched alkanes of at least 4 members (excludes halogenated alkanes) is 15. The lowest BCUT2D eigenvalue weighted by molar-refractivity contribution is -0.297. The van der Waals surface area contributed by atoms with E-state index in [2.05, 4.69) is 68.5 Å². The van der Waals surface area contributed by atoms with E-state index in [0.29, 0.717) is 19.3 Å². The molecular weight excluding hydrogens is 825 g/mol. The number of aliphatic hydroxyl groups is 3. The smallest absolute Gasteiger partial charge is 0.306 e. The minimum atomic E-state index is -4.62. The molecule has 1 heterocycles. The summed E-state index contributed by atoms with van der Waals surface area (Å²) < 4.78 is 54.0. The van der Waals surface area contributed by atoms with Crippen molar-refractivity contribution in [1.29, 1.82) is 0 Å². The van der Waals surface area contributed by atoms with Crippen LogP contribution in [0.25, 0.3) is 0 Å². The van der Waals surface area contributed by atoms with Crippen LogP contribution in [0.1, 0.15) is 174 Å². The van der Waals surface area contributed by atoms with Gasteiger partial charge >= 0.3 is 11.9 Å². The number of hydrogen-bond donors (Lipinski definition) is 4. The highest BCUT2D eigenvalue weighted by atomic mass is 32.2. The second-order valence-electron chi connectivity index (χ2n) is 16.4. The van der Waals surface area contributed by atoms with Gasteiger partial charge in [0.2, 0.25) is 0 Å². The SMILES string of the molecule is CC/C=C\C/C=C\C/C=C\C/C=C\C/C=C\C/C=C\CCC(=O)OC(COC(=O)CCCCCCCCCCCCCCCCCC)COC1OC(CS(=O)(=O)O)C(O)C(O)C1O. The van der Waals surface area contributed by atoms with E-state index >= 15 is 0 Å². The molecule has 1 rings (SSSR count). The molecule has 0 aromatic rings. The Labute approximate surface area is 380 Å². The van der Waals surface area contributed by atoms with Crippen molar-refractivity contribution in [2.45, 2.75) is 211 Å². The minimum Gasteiger partial charge on any atom is -0.462 e. The monoisotopic (exact) mass is 909 g/mol. The van der Waals surface area contributed by atoms with Crippen LogP contribution < -0.4 is 0 Å². The Morgan fingerprint density at radius 1 is 0.556 bits per heavy atom. The van der Waals surface area contributed by atoms with E-state index in [0.717, 1.165) is 51.4 Å². The van der Waals surface area contributed by atoms with Gasteiger partial charge < -0.3 is 34.3 Å². The zero-order valence-electron chi connectivity index (χ0n) is 38.7.